The summed E-state index contributed by atoms with van der Waals surface area (Å²) in [5.74, 6) is -0.00854. The highest BCUT2D eigenvalue weighted by molar-refractivity contribution is 6.31. The monoisotopic (exact) mass is 432 g/mol. The Labute approximate surface area is 181 Å². The molecule has 0 radical (unpaired) electrons. The van der Waals surface area contributed by atoms with Crippen molar-refractivity contribution in [2.75, 3.05) is 13.6 Å². The standard InChI is InChI=1S/C22H26ClFN4O2/c1-16(2)28(15-29)22(30)26-21(25-13-12-18-6-4-5-7-20(18)23)27(3)14-17-8-10-19(24)11-9-17/h4-11,15-16H,12-14H2,1-3H3,(H,25,26,30). The Morgan fingerprint density at radius 2 is 1.87 bits per heavy atom. The van der Waals surface area contributed by atoms with Gasteiger partial charge < -0.3 is 10.2 Å². The molecule has 3 amide bonds. The van der Waals surface area contributed by atoms with Crippen molar-refractivity contribution in [3.05, 3.63) is 70.5 Å². The first-order valence-corrected chi connectivity index (χ1v) is 9.98. The SMILES string of the molecule is CC(C)N(C=O)C(=O)/N=C(/NCCc1ccccc1Cl)N(C)Cc1ccc(F)cc1. The van der Waals surface area contributed by atoms with Gasteiger partial charge in [-0.3, -0.25) is 9.69 Å². The van der Waals surface area contributed by atoms with E-state index in [1.165, 1.54) is 12.1 Å². The van der Waals surface area contributed by atoms with Crippen molar-refractivity contribution in [1.29, 1.82) is 0 Å². The zero-order chi connectivity index (χ0) is 22.1. The van der Waals surface area contributed by atoms with Gasteiger partial charge in [-0.05, 0) is 49.6 Å². The fraction of sp³-hybridized carbons (Fsp3) is 0.318. The van der Waals surface area contributed by atoms with Crippen LogP contribution in [0.25, 0.3) is 0 Å². The Balaban J connectivity index is 2.16. The molecule has 1 N–H and O–H groups in total. The summed E-state index contributed by atoms with van der Waals surface area (Å²) in [6, 6.07) is 12.6. The quantitative estimate of drug-likeness (QED) is 0.406. The number of urea groups is 1. The number of carbonyl (C=O) groups is 2. The molecule has 2 aromatic carbocycles. The van der Waals surface area contributed by atoms with E-state index >= 15 is 0 Å². The van der Waals surface area contributed by atoms with Crippen molar-refractivity contribution in [1.82, 2.24) is 15.1 Å². The Morgan fingerprint density at radius 3 is 2.47 bits per heavy atom. The molecule has 0 heterocycles. The molecular formula is C22H26ClFN4O2. The third-order valence-electron chi connectivity index (χ3n) is 4.42. The predicted molar refractivity (Wildman–Crippen MR) is 117 cm³/mol. The maximum Gasteiger partial charge on any atom is 0.353 e. The van der Waals surface area contributed by atoms with Crippen LogP contribution in [0.2, 0.25) is 5.02 Å². The lowest BCUT2D eigenvalue weighted by atomic mass is 10.1. The number of guanidine groups is 1. The molecule has 2 rings (SSSR count). The maximum absolute atomic E-state index is 13.2. The van der Waals surface area contributed by atoms with E-state index in [0.717, 1.165) is 16.0 Å². The van der Waals surface area contributed by atoms with Gasteiger partial charge in [0.25, 0.3) is 0 Å². The molecule has 0 aliphatic carbocycles. The third-order valence-corrected chi connectivity index (χ3v) is 4.79. The number of rotatable bonds is 7. The smallest absolute Gasteiger partial charge is 0.353 e. The summed E-state index contributed by atoms with van der Waals surface area (Å²) in [6.45, 7) is 4.34. The highest BCUT2D eigenvalue weighted by atomic mass is 35.5. The highest BCUT2D eigenvalue weighted by Crippen LogP contribution is 2.15. The van der Waals surface area contributed by atoms with Crippen molar-refractivity contribution >= 4 is 30.0 Å². The van der Waals surface area contributed by atoms with Gasteiger partial charge in [0.05, 0.1) is 0 Å². The molecule has 0 atom stereocenters. The Morgan fingerprint density at radius 1 is 1.20 bits per heavy atom. The highest BCUT2D eigenvalue weighted by Gasteiger charge is 2.18. The van der Waals surface area contributed by atoms with Crippen LogP contribution >= 0.6 is 11.6 Å². The van der Waals surface area contributed by atoms with Gasteiger partial charge in [-0.25, -0.2) is 9.18 Å². The van der Waals surface area contributed by atoms with Gasteiger partial charge in [0, 0.05) is 31.2 Å². The van der Waals surface area contributed by atoms with E-state index in [0.29, 0.717) is 36.9 Å². The van der Waals surface area contributed by atoms with Crippen molar-refractivity contribution in [2.45, 2.75) is 32.9 Å². The lowest BCUT2D eigenvalue weighted by Crippen LogP contribution is -2.42. The number of nitrogens with zero attached hydrogens (tertiary/aromatic N) is 3. The zero-order valence-corrected chi connectivity index (χ0v) is 18.1. The minimum atomic E-state index is -0.661. The van der Waals surface area contributed by atoms with E-state index in [4.69, 9.17) is 11.6 Å². The van der Waals surface area contributed by atoms with Crippen LogP contribution in [0.4, 0.5) is 9.18 Å². The average Bonchev–Trinajstić information content (AvgIpc) is 2.70. The van der Waals surface area contributed by atoms with Crippen molar-refractivity contribution < 1.29 is 14.0 Å². The van der Waals surface area contributed by atoms with E-state index in [1.807, 2.05) is 24.3 Å². The van der Waals surface area contributed by atoms with E-state index < -0.39 is 6.03 Å². The summed E-state index contributed by atoms with van der Waals surface area (Å²) in [5, 5.41) is 3.82. The fourth-order valence-electron chi connectivity index (χ4n) is 2.74. The molecule has 0 unspecified atom stereocenters. The van der Waals surface area contributed by atoms with Gasteiger partial charge in [-0.1, -0.05) is 41.9 Å². The maximum atomic E-state index is 13.2. The van der Waals surface area contributed by atoms with Crippen molar-refractivity contribution in [3.63, 3.8) is 0 Å². The summed E-state index contributed by atoms with van der Waals surface area (Å²) in [4.78, 5) is 30.6. The zero-order valence-electron chi connectivity index (χ0n) is 17.3. The van der Waals surface area contributed by atoms with Gasteiger partial charge >= 0.3 is 6.03 Å². The summed E-state index contributed by atoms with van der Waals surface area (Å²) in [5.41, 5.74) is 1.82. The lowest BCUT2D eigenvalue weighted by molar-refractivity contribution is -0.116. The molecule has 0 saturated heterocycles. The van der Waals surface area contributed by atoms with Crippen LogP contribution in [0, 0.1) is 5.82 Å². The molecule has 0 aromatic heterocycles. The second-order valence-electron chi connectivity index (χ2n) is 7.08. The van der Waals surface area contributed by atoms with Gasteiger partial charge in [0.15, 0.2) is 0 Å². The third kappa shape index (κ3) is 6.84. The Kier molecular flexibility index (Phi) is 8.80. The van der Waals surface area contributed by atoms with Crippen LogP contribution in [-0.4, -0.2) is 47.8 Å². The number of amides is 3. The topological polar surface area (TPSA) is 65.0 Å². The first-order valence-electron chi connectivity index (χ1n) is 9.61. The van der Waals surface area contributed by atoms with Crippen LogP contribution < -0.4 is 5.32 Å². The molecule has 0 fully saturated rings. The molecule has 30 heavy (non-hydrogen) atoms. The number of hydrogen-bond acceptors (Lipinski definition) is 2. The van der Waals surface area contributed by atoms with Gasteiger partial charge in [0.2, 0.25) is 12.4 Å². The molecular weight excluding hydrogens is 407 g/mol. The van der Waals surface area contributed by atoms with Crippen LogP contribution in [0.15, 0.2) is 53.5 Å². The van der Waals surface area contributed by atoms with Crippen LogP contribution in [0.3, 0.4) is 0 Å². The molecule has 8 heteroatoms. The number of nitrogens with one attached hydrogen (secondary N) is 1. The summed E-state index contributed by atoms with van der Waals surface area (Å²) >= 11 is 6.20. The number of benzene rings is 2. The normalized spacial score (nSPS) is 11.3. The number of aliphatic imine (C=N–C) groups is 1. The summed E-state index contributed by atoms with van der Waals surface area (Å²) < 4.78 is 13.2. The number of hydrogen-bond donors (Lipinski definition) is 1. The lowest BCUT2D eigenvalue weighted by Gasteiger charge is -2.24. The van der Waals surface area contributed by atoms with Gasteiger partial charge in [0.1, 0.15) is 5.82 Å². The molecule has 2 aromatic rings. The molecule has 0 aliphatic heterocycles. The Hall–Kier alpha value is -2.93. The van der Waals surface area contributed by atoms with Crippen LogP contribution in [0.5, 0.6) is 0 Å². The van der Waals surface area contributed by atoms with Gasteiger partial charge in [-0.2, -0.15) is 4.99 Å². The number of imide groups is 1. The first-order chi connectivity index (χ1) is 14.3. The molecule has 0 spiro atoms. The molecule has 0 saturated carbocycles. The first kappa shape index (κ1) is 23.3. The van der Waals surface area contributed by atoms with E-state index in [1.54, 1.807) is 37.9 Å². The molecule has 160 valence electrons. The summed E-state index contributed by atoms with van der Waals surface area (Å²) in [7, 11) is 1.76. The minimum Gasteiger partial charge on any atom is -0.355 e. The number of halogens is 2. The van der Waals surface area contributed by atoms with Gasteiger partial charge in [-0.15, -0.1) is 0 Å². The van der Waals surface area contributed by atoms with Crippen molar-refractivity contribution in [3.8, 4) is 0 Å². The second kappa shape index (κ2) is 11.3. The second-order valence-corrected chi connectivity index (χ2v) is 7.48. The fourth-order valence-corrected chi connectivity index (χ4v) is 2.97. The van der Waals surface area contributed by atoms with Crippen molar-refractivity contribution in [2.24, 2.45) is 4.99 Å². The molecule has 0 bridgehead atoms. The van der Waals surface area contributed by atoms with Crippen LogP contribution in [-0.2, 0) is 17.8 Å². The number of carbonyl (C=O) groups excluding carboxylic acids is 2. The van der Waals surface area contributed by atoms with Crippen LogP contribution in [0.1, 0.15) is 25.0 Å². The van der Waals surface area contributed by atoms with E-state index in [-0.39, 0.29) is 11.9 Å². The molecule has 0 aliphatic rings. The predicted octanol–water partition coefficient (Wildman–Crippen LogP) is 4.09. The van der Waals surface area contributed by atoms with E-state index in [9.17, 15) is 14.0 Å². The largest absolute Gasteiger partial charge is 0.355 e. The average molecular weight is 433 g/mol. The van der Waals surface area contributed by atoms with E-state index in [2.05, 4.69) is 10.3 Å². The Bertz CT molecular complexity index is 887. The minimum absolute atomic E-state index is 0.309. The molecule has 6 nitrogen and oxygen atoms in total. The summed E-state index contributed by atoms with van der Waals surface area (Å²) in [6.07, 6.45) is 1.09.